The molecule has 3 N–H and O–H groups in total. The van der Waals surface area contributed by atoms with Crippen LogP contribution in [-0.4, -0.2) is 17.6 Å². The highest BCUT2D eigenvalue weighted by Gasteiger charge is 2.27. The Balaban J connectivity index is 1.68. The number of amides is 2. The van der Waals surface area contributed by atoms with Gasteiger partial charge >= 0.3 is 6.03 Å². The SMILES string of the molecule is O=C(Nc1ccc(F)c(Cl)c1)N[C@H]1COCc2[nH]c(=O)c3cc(F)c(F)cc3c21. The lowest BCUT2D eigenvalue weighted by atomic mass is 9.96. The predicted molar refractivity (Wildman–Crippen MR) is 100 cm³/mol. The molecule has 150 valence electrons. The number of anilines is 1. The molecule has 1 aliphatic heterocycles. The summed E-state index contributed by atoms with van der Waals surface area (Å²) in [6.45, 7) is 0.0949. The number of aromatic amines is 1. The zero-order valence-corrected chi connectivity index (χ0v) is 15.4. The molecule has 29 heavy (non-hydrogen) atoms. The fraction of sp³-hybridized carbons (Fsp3) is 0.158. The Morgan fingerprint density at radius 2 is 1.83 bits per heavy atom. The van der Waals surface area contributed by atoms with Crippen molar-refractivity contribution in [2.75, 3.05) is 11.9 Å². The van der Waals surface area contributed by atoms with Gasteiger partial charge in [-0.2, -0.15) is 0 Å². The smallest absolute Gasteiger partial charge is 0.319 e. The molecule has 0 bridgehead atoms. The molecule has 2 heterocycles. The van der Waals surface area contributed by atoms with Crippen LogP contribution in [0.15, 0.2) is 35.1 Å². The molecule has 10 heteroatoms. The Morgan fingerprint density at radius 3 is 2.55 bits per heavy atom. The van der Waals surface area contributed by atoms with Crippen molar-refractivity contribution in [3.05, 3.63) is 74.4 Å². The number of rotatable bonds is 2. The van der Waals surface area contributed by atoms with E-state index in [9.17, 15) is 22.8 Å². The van der Waals surface area contributed by atoms with E-state index in [1.165, 1.54) is 12.1 Å². The lowest BCUT2D eigenvalue weighted by molar-refractivity contribution is 0.0826. The van der Waals surface area contributed by atoms with Gasteiger partial charge in [-0.15, -0.1) is 0 Å². The van der Waals surface area contributed by atoms with Gasteiger partial charge in [-0.1, -0.05) is 11.6 Å². The number of benzene rings is 2. The van der Waals surface area contributed by atoms with Gasteiger partial charge in [0, 0.05) is 16.9 Å². The summed E-state index contributed by atoms with van der Waals surface area (Å²) in [6, 6.07) is 4.01. The molecule has 0 radical (unpaired) electrons. The molecule has 2 aromatic carbocycles. The van der Waals surface area contributed by atoms with Crippen molar-refractivity contribution in [3.8, 4) is 0 Å². The summed E-state index contributed by atoms with van der Waals surface area (Å²) in [5.41, 5.74) is 0.449. The molecule has 1 aliphatic rings. The van der Waals surface area contributed by atoms with Crippen molar-refractivity contribution in [1.29, 1.82) is 0 Å². The zero-order valence-electron chi connectivity index (χ0n) is 14.6. The second-order valence-corrected chi connectivity index (χ2v) is 6.86. The molecular formula is C19H13ClF3N3O3. The summed E-state index contributed by atoms with van der Waals surface area (Å²) >= 11 is 5.70. The molecule has 2 amide bonds. The van der Waals surface area contributed by atoms with E-state index < -0.39 is 35.1 Å². The van der Waals surface area contributed by atoms with Crippen LogP contribution in [-0.2, 0) is 11.3 Å². The molecular weight excluding hydrogens is 411 g/mol. The van der Waals surface area contributed by atoms with E-state index in [-0.39, 0.29) is 34.7 Å². The van der Waals surface area contributed by atoms with Crippen molar-refractivity contribution in [2.45, 2.75) is 12.6 Å². The highest BCUT2D eigenvalue weighted by molar-refractivity contribution is 6.31. The first kappa shape index (κ1) is 19.3. The van der Waals surface area contributed by atoms with E-state index in [0.717, 1.165) is 18.2 Å². The summed E-state index contributed by atoms with van der Waals surface area (Å²) in [5, 5.41) is 5.14. The molecule has 4 rings (SSSR count). The van der Waals surface area contributed by atoms with Crippen molar-refractivity contribution in [2.24, 2.45) is 0 Å². The highest BCUT2D eigenvalue weighted by Crippen LogP contribution is 2.30. The summed E-state index contributed by atoms with van der Waals surface area (Å²) in [7, 11) is 0. The Labute approximate surface area is 166 Å². The zero-order chi connectivity index (χ0) is 20.7. The maximum atomic E-state index is 13.8. The molecule has 0 spiro atoms. The van der Waals surface area contributed by atoms with Gasteiger partial charge in [0.15, 0.2) is 11.6 Å². The Bertz CT molecular complexity index is 1200. The van der Waals surface area contributed by atoms with Crippen LogP contribution in [0.2, 0.25) is 5.02 Å². The second-order valence-electron chi connectivity index (χ2n) is 6.45. The summed E-state index contributed by atoms with van der Waals surface area (Å²) in [4.78, 5) is 27.2. The highest BCUT2D eigenvalue weighted by atomic mass is 35.5. The average molecular weight is 424 g/mol. The van der Waals surface area contributed by atoms with Crippen molar-refractivity contribution < 1.29 is 22.7 Å². The lowest BCUT2D eigenvalue weighted by Crippen LogP contribution is -2.38. The number of pyridine rings is 1. The fourth-order valence-corrected chi connectivity index (χ4v) is 3.46. The maximum Gasteiger partial charge on any atom is 0.319 e. The largest absolute Gasteiger partial charge is 0.373 e. The summed E-state index contributed by atoms with van der Waals surface area (Å²) < 4.78 is 46.1. The van der Waals surface area contributed by atoms with Gasteiger partial charge in [0.1, 0.15) is 5.82 Å². The van der Waals surface area contributed by atoms with Crippen LogP contribution in [0.5, 0.6) is 0 Å². The van der Waals surface area contributed by atoms with Gasteiger partial charge in [-0.3, -0.25) is 4.79 Å². The Kier molecular flexibility index (Phi) is 4.93. The number of carbonyl (C=O) groups excluding carboxylic acids is 1. The second kappa shape index (κ2) is 7.41. The number of carbonyl (C=O) groups is 1. The van der Waals surface area contributed by atoms with Crippen LogP contribution >= 0.6 is 11.6 Å². The van der Waals surface area contributed by atoms with Crippen LogP contribution < -0.4 is 16.2 Å². The number of hydrogen-bond donors (Lipinski definition) is 3. The average Bonchev–Trinajstić information content (AvgIpc) is 2.66. The van der Waals surface area contributed by atoms with E-state index in [0.29, 0.717) is 11.3 Å². The van der Waals surface area contributed by atoms with Crippen molar-refractivity contribution in [1.82, 2.24) is 10.3 Å². The Hall–Kier alpha value is -3.04. The van der Waals surface area contributed by atoms with Gasteiger partial charge in [-0.25, -0.2) is 18.0 Å². The number of ether oxygens (including phenoxy) is 1. The van der Waals surface area contributed by atoms with Crippen LogP contribution in [0.4, 0.5) is 23.7 Å². The van der Waals surface area contributed by atoms with Crippen LogP contribution in [0, 0.1) is 17.5 Å². The molecule has 3 aromatic rings. The summed E-state index contributed by atoms with van der Waals surface area (Å²) in [6.07, 6.45) is 0. The number of aromatic nitrogens is 1. The lowest BCUT2D eigenvalue weighted by Gasteiger charge is -2.27. The molecule has 6 nitrogen and oxygen atoms in total. The molecule has 0 saturated carbocycles. The summed E-state index contributed by atoms with van der Waals surface area (Å²) in [5.74, 6) is -2.89. The number of H-pyrrole nitrogens is 1. The normalized spacial score (nSPS) is 15.8. The van der Waals surface area contributed by atoms with E-state index in [4.69, 9.17) is 16.3 Å². The monoisotopic (exact) mass is 423 g/mol. The molecule has 0 fully saturated rings. The van der Waals surface area contributed by atoms with E-state index in [1.54, 1.807) is 0 Å². The standard InChI is InChI=1S/C19H13ClF3N3O3/c20-11-3-8(1-2-12(11)21)24-19(28)26-16-7-29-6-15-17(16)9-4-13(22)14(23)5-10(9)18(27)25-15/h1-5,16H,6-7H2,(H,25,27)(H2,24,26,28)/t16-/m0/s1. The van der Waals surface area contributed by atoms with Crippen LogP contribution in [0.3, 0.4) is 0 Å². The first-order chi connectivity index (χ1) is 13.8. The number of halogens is 4. The van der Waals surface area contributed by atoms with E-state index in [1.807, 2.05) is 0 Å². The van der Waals surface area contributed by atoms with Gasteiger partial charge in [0.25, 0.3) is 5.56 Å². The molecule has 0 saturated heterocycles. The topological polar surface area (TPSA) is 83.2 Å². The third-order valence-corrected chi connectivity index (χ3v) is 4.84. The van der Waals surface area contributed by atoms with Crippen LogP contribution in [0.25, 0.3) is 10.8 Å². The van der Waals surface area contributed by atoms with Gasteiger partial charge < -0.3 is 20.4 Å². The van der Waals surface area contributed by atoms with Crippen LogP contribution in [0.1, 0.15) is 17.3 Å². The first-order valence-corrected chi connectivity index (χ1v) is 8.85. The third-order valence-electron chi connectivity index (χ3n) is 4.55. The molecule has 1 atom stereocenters. The minimum Gasteiger partial charge on any atom is -0.373 e. The fourth-order valence-electron chi connectivity index (χ4n) is 3.28. The quantitative estimate of drug-likeness (QED) is 0.582. The van der Waals surface area contributed by atoms with Gasteiger partial charge in [0.2, 0.25) is 0 Å². The van der Waals surface area contributed by atoms with Crippen molar-refractivity contribution >= 4 is 34.1 Å². The van der Waals surface area contributed by atoms with Gasteiger partial charge in [-0.05, 0) is 35.7 Å². The number of nitrogens with one attached hydrogen (secondary N) is 3. The van der Waals surface area contributed by atoms with E-state index in [2.05, 4.69) is 15.6 Å². The maximum absolute atomic E-state index is 13.8. The van der Waals surface area contributed by atoms with Gasteiger partial charge in [0.05, 0.1) is 29.7 Å². The predicted octanol–water partition coefficient (Wildman–Crippen LogP) is 3.99. The minimum absolute atomic E-state index is 0.0397. The van der Waals surface area contributed by atoms with E-state index >= 15 is 0 Å². The Morgan fingerprint density at radius 1 is 1.10 bits per heavy atom. The number of urea groups is 1. The molecule has 0 unspecified atom stereocenters. The van der Waals surface area contributed by atoms with Crippen molar-refractivity contribution in [3.63, 3.8) is 0 Å². The first-order valence-electron chi connectivity index (χ1n) is 8.47. The number of fused-ring (bicyclic) bond motifs is 3. The molecule has 0 aliphatic carbocycles. The minimum atomic E-state index is -1.15. The molecule has 1 aromatic heterocycles. The number of hydrogen-bond acceptors (Lipinski definition) is 3. The third kappa shape index (κ3) is 3.66.